The van der Waals surface area contributed by atoms with E-state index in [1.54, 1.807) is 30.3 Å². The third kappa shape index (κ3) is 5.10. The van der Waals surface area contributed by atoms with Crippen molar-refractivity contribution in [3.8, 4) is 17.2 Å². The van der Waals surface area contributed by atoms with Crippen molar-refractivity contribution in [1.29, 1.82) is 5.26 Å². The first-order chi connectivity index (χ1) is 15.2. The average molecular weight is 497 g/mol. The van der Waals surface area contributed by atoms with Crippen LogP contribution in [0.15, 0.2) is 53.6 Å². The summed E-state index contributed by atoms with van der Waals surface area (Å²) in [5, 5.41) is 11.3. The lowest BCUT2D eigenvalue weighted by molar-refractivity contribution is -0.135. The normalized spacial score (nSPS) is 16.6. The van der Waals surface area contributed by atoms with Crippen LogP contribution >= 0.6 is 23.2 Å². The highest BCUT2D eigenvalue weighted by molar-refractivity contribution is 7.89. The molecular weight excluding hydrogens is 478 g/mol. The van der Waals surface area contributed by atoms with Gasteiger partial charge in [0.2, 0.25) is 10.0 Å². The predicted octanol–water partition coefficient (Wildman–Crippen LogP) is 3.74. The van der Waals surface area contributed by atoms with Gasteiger partial charge in [-0.1, -0.05) is 47.5 Å². The fraction of sp³-hybridized carbons (Fsp3) is 0.286. The standard InChI is InChI=1S/C21H19Cl2FN4O3S/c22-17-6-2-1-5-15(17)16-13-19(23)27-14-18(16)32(30,31)28-11-7-21(24,8-12-28)20(29)26-10-4-3-9-25/h1-6,13-14H,7-8,10-12H2,(H,26,29)/b4-3+. The lowest BCUT2D eigenvalue weighted by Crippen LogP contribution is -2.52. The molecule has 11 heteroatoms. The van der Waals surface area contributed by atoms with Crippen LogP contribution in [0.25, 0.3) is 11.1 Å². The van der Waals surface area contributed by atoms with Crippen LogP contribution in [0.2, 0.25) is 10.2 Å². The fourth-order valence-corrected chi connectivity index (χ4v) is 5.35. The maximum Gasteiger partial charge on any atom is 0.258 e. The van der Waals surface area contributed by atoms with Gasteiger partial charge in [-0.25, -0.2) is 17.8 Å². The molecule has 1 N–H and O–H groups in total. The fourth-order valence-electron chi connectivity index (χ4n) is 3.38. The molecule has 1 amide bonds. The molecule has 1 aliphatic rings. The summed E-state index contributed by atoms with van der Waals surface area (Å²) >= 11 is 12.3. The molecule has 0 saturated carbocycles. The van der Waals surface area contributed by atoms with Crippen molar-refractivity contribution in [2.24, 2.45) is 0 Å². The highest BCUT2D eigenvalue weighted by atomic mass is 35.5. The van der Waals surface area contributed by atoms with E-state index in [4.69, 9.17) is 28.5 Å². The van der Waals surface area contributed by atoms with Crippen LogP contribution < -0.4 is 5.32 Å². The Morgan fingerprint density at radius 2 is 1.97 bits per heavy atom. The second kappa shape index (κ2) is 9.96. The van der Waals surface area contributed by atoms with Crippen LogP contribution in [0, 0.1) is 11.3 Å². The number of benzene rings is 1. The van der Waals surface area contributed by atoms with Crippen LogP contribution in [-0.4, -0.2) is 48.9 Å². The Morgan fingerprint density at radius 1 is 1.28 bits per heavy atom. The highest BCUT2D eigenvalue weighted by Gasteiger charge is 2.44. The van der Waals surface area contributed by atoms with Crippen molar-refractivity contribution in [3.63, 3.8) is 0 Å². The number of rotatable bonds is 6. The van der Waals surface area contributed by atoms with Crippen molar-refractivity contribution in [2.75, 3.05) is 19.6 Å². The van der Waals surface area contributed by atoms with Crippen molar-refractivity contribution in [3.05, 3.63) is 58.9 Å². The lowest BCUT2D eigenvalue weighted by Gasteiger charge is -2.34. The number of aromatic nitrogens is 1. The van der Waals surface area contributed by atoms with E-state index in [1.165, 1.54) is 18.2 Å². The SMILES string of the molecule is N#C/C=C/CNC(=O)C1(F)CCN(S(=O)(=O)c2cnc(Cl)cc2-c2ccccc2Cl)CC1. The first-order valence-electron chi connectivity index (χ1n) is 9.61. The lowest BCUT2D eigenvalue weighted by atomic mass is 9.93. The summed E-state index contributed by atoms with van der Waals surface area (Å²) in [6.45, 7) is -0.368. The van der Waals surface area contributed by atoms with Gasteiger partial charge < -0.3 is 5.32 Å². The highest BCUT2D eigenvalue weighted by Crippen LogP contribution is 2.37. The summed E-state index contributed by atoms with van der Waals surface area (Å²) in [6, 6.07) is 9.92. The zero-order valence-corrected chi connectivity index (χ0v) is 19.1. The molecule has 1 aliphatic heterocycles. The van der Waals surface area contributed by atoms with Gasteiger partial charge in [-0.15, -0.1) is 0 Å². The number of piperidine rings is 1. The number of sulfonamides is 1. The summed E-state index contributed by atoms with van der Waals surface area (Å²) in [4.78, 5) is 16.0. The van der Waals surface area contributed by atoms with Gasteiger partial charge in [0.25, 0.3) is 5.91 Å². The van der Waals surface area contributed by atoms with E-state index < -0.39 is 21.6 Å². The number of nitrogens with zero attached hydrogens (tertiary/aromatic N) is 3. The number of carbonyl (C=O) groups is 1. The van der Waals surface area contributed by atoms with Crippen LogP contribution in [0.4, 0.5) is 4.39 Å². The zero-order valence-electron chi connectivity index (χ0n) is 16.8. The van der Waals surface area contributed by atoms with Gasteiger partial charge in [-0.05, 0) is 12.1 Å². The molecule has 0 aliphatic carbocycles. The summed E-state index contributed by atoms with van der Waals surface area (Å²) in [5.41, 5.74) is -1.44. The molecule has 1 aromatic heterocycles. The molecular formula is C21H19Cl2FN4O3S. The number of nitrogens with one attached hydrogen (secondary N) is 1. The molecule has 1 fully saturated rings. The summed E-state index contributed by atoms with van der Waals surface area (Å²) in [7, 11) is -4.07. The Bertz CT molecular complexity index is 1190. The van der Waals surface area contributed by atoms with Crippen molar-refractivity contribution in [2.45, 2.75) is 23.4 Å². The number of amides is 1. The van der Waals surface area contributed by atoms with Crippen molar-refractivity contribution >= 4 is 39.1 Å². The number of hydrogen-bond donors (Lipinski definition) is 1. The minimum Gasteiger partial charge on any atom is -0.350 e. The first-order valence-corrected chi connectivity index (χ1v) is 11.8. The number of alkyl halides is 1. The summed E-state index contributed by atoms with van der Waals surface area (Å²) < 4.78 is 43.0. The van der Waals surface area contributed by atoms with E-state index >= 15 is 4.39 Å². The molecule has 0 atom stereocenters. The van der Waals surface area contributed by atoms with Crippen LogP contribution in [0.5, 0.6) is 0 Å². The van der Waals surface area contributed by atoms with E-state index in [-0.39, 0.29) is 48.1 Å². The maximum atomic E-state index is 15.1. The minimum absolute atomic E-state index is 0.0116. The number of carbonyl (C=O) groups excluding carboxylic acids is 1. The Hall–Kier alpha value is -2.51. The number of nitriles is 1. The van der Waals surface area contributed by atoms with E-state index in [1.807, 2.05) is 0 Å². The summed E-state index contributed by atoms with van der Waals surface area (Å²) in [5.74, 6) is -0.831. The number of allylic oxidation sites excluding steroid dienone is 1. The largest absolute Gasteiger partial charge is 0.350 e. The molecule has 0 radical (unpaired) electrons. The van der Waals surface area contributed by atoms with E-state index in [9.17, 15) is 13.2 Å². The molecule has 2 aromatic rings. The third-order valence-electron chi connectivity index (χ3n) is 5.11. The smallest absolute Gasteiger partial charge is 0.258 e. The second-order valence-corrected chi connectivity index (χ2v) is 9.79. The first kappa shape index (κ1) is 24.1. The Kier molecular flexibility index (Phi) is 7.51. The topological polar surface area (TPSA) is 103 Å². The van der Waals surface area contributed by atoms with Gasteiger partial charge in [0.1, 0.15) is 10.0 Å². The Balaban J connectivity index is 1.83. The molecule has 1 aromatic carbocycles. The Morgan fingerprint density at radius 3 is 2.62 bits per heavy atom. The summed E-state index contributed by atoms with van der Waals surface area (Å²) in [6.07, 6.45) is 3.12. The number of halogens is 3. The van der Waals surface area contributed by atoms with Gasteiger partial charge in [-0.3, -0.25) is 4.79 Å². The molecule has 7 nitrogen and oxygen atoms in total. The molecule has 1 saturated heterocycles. The minimum atomic E-state index is -4.07. The monoisotopic (exact) mass is 496 g/mol. The van der Waals surface area contributed by atoms with Gasteiger partial charge in [0.15, 0.2) is 5.67 Å². The molecule has 3 rings (SSSR count). The third-order valence-corrected chi connectivity index (χ3v) is 7.57. The molecule has 168 valence electrons. The van der Waals surface area contributed by atoms with E-state index in [0.717, 1.165) is 10.5 Å². The van der Waals surface area contributed by atoms with Crippen LogP contribution in [0.3, 0.4) is 0 Å². The molecule has 2 heterocycles. The van der Waals surface area contributed by atoms with Crippen molar-refractivity contribution in [1.82, 2.24) is 14.6 Å². The van der Waals surface area contributed by atoms with Crippen molar-refractivity contribution < 1.29 is 17.6 Å². The zero-order chi connectivity index (χ0) is 23.4. The number of hydrogen-bond acceptors (Lipinski definition) is 5. The van der Waals surface area contributed by atoms with Gasteiger partial charge >= 0.3 is 0 Å². The molecule has 32 heavy (non-hydrogen) atoms. The molecule has 0 unspecified atom stereocenters. The molecule has 0 bridgehead atoms. The number of pyridine rings is 1. The molecule has 0 spiro atoms. The van der Waals surface area contributed by atoms with Gasteiger partial charge in [0.05, 0.1) is 6.07 Å². The maximum absolute atomic E-state index is 15.1. The average Bonchev–Trinajstić information content (AvgIpc) is 2.77. The van der Waals surface area contributed by atoms with Crippen LogP contribution in [-0.2, 0) is 14.8 Å². The predicted molar refractivity (Wildman–Crippen MR) is 119 cm³/mol. The quantitative estimate of drug-likeness (QED) is 0.484. The second-order valence-electron chi connectivity index (χ2n) is 7.09. The Labute approximate surface area is 195 Å². The van der Waals surface area contributed by atoms with E-state index in [0.29, 0.717) is 10.6 Å². The van der Waals surface area contributed by atoms with Gasteiger partial charge in [-0.2, -0.15) is 9.57 Å². The van der Waals surface area contributed by atoms with Crippen LogP contribution in [0.1, 0.15) is 12.8 Å². The van der Waals surface area contributed by atoms with E-state index in [2.05, 4.69) is 10.3 Å². The van der Waals surface area contributed by atoms with Gasteiger partial charge in [0, 0.05) is 60.9 Å².